The fourth-order valence-electron chi connectivity index (χ4n) is 2.90. The Morgan fingerprint density at radius 1 is 0.821 bits per heavy atom. The molecule has 140 valence electrons. The first kappa shape index (κ1) is 19.1. The van der Waals surface area contributed by atoms with Crippen molar-refractivity contribution >= 4 is 45.9 Å². The lowest BCUT2D eigenvalue weighted by Crippen LogP contribution is -2.24. The molecule has 0 atom stereocenters. The Kier molecular flexibility index (Phi) is 5.72. The lowest BCUT2D eigenvalue weighted by atomic mass is 10.2. The molecule has 1 aromatic heterocycles. The van der Waals surface area contributed by atoms with E-state index in [-0.39, 0.29) is 5.56 Å². The maximum Gasteiger partial charge on any atom is 0.262 e. The Labute approximate surface area is 176 Å². The van der Waals surface area contributed by atoms with Crippen LogP contribution in [0.5, 0.6) is 0 Å². The summed E-state index contributed by atoms with van der Waals surface area (Å²) in [4.78, 5) is 17.9. The second-order valence-electron chi connectivity index (χ2n) is 6.34. The molecular formula is C22H16Cl2N2OS. The van der Waals surface area contributed by atoms with Crippen LogP contribution in [-0.4, -0.2) is 9.55 Å². The molecule has 0 aliphatic heterocycles. The van der Waals surface area contributed by atoms with Crippen molar-refractivity contribution in [2.75, 3.05) is 0 Å². The summed E-state index contributed by atoms with van der Waals surface area (Å²) in [5, 5.41) is 2.68. The molecule has 1 heterocycles. The van der Waals surface area contributed by atoms with Crippen molar-refractivity contribution in [3.8, 4) is 0 Å². The van der Waals surface area contributed by atoms with E-state index in [0.717, 1.165) is 11.1 Å². The van der Waals surface area contributed by atoms with Crippen LogP contribution < -0.4 is 5.56 Å². The van der Waals surface area contributed by atoms with Gasteiger partial charge in [-0.15, -0.1) is 0 Å². The second kappa shape index (κ2) is 8.39. The highest BCUT2D eigenvalue weighted by atomic mass is 35.5. The van der Waals surface area contributed by atoms with E-state index < -0.39 is 0 Å². The quantitative estimate of drug-likeness (QED) is 0.288. The third kappa shape index (κ3) is 4.25. The Bertz CT molecular complexity index is 1170. The summed E-state index contributed by atoms with van der Waals surface area (Å²) in [7, 11) is 0. The van der Waals surface area contributed by atoms with E-state index in [2.05, 4.69) is 0 Å². The van der Waals surface area contributed by atoms with Crippen LogP contribution in [0.3, 0.4) is 0 Å². The van der Waals surface area contributed by atoms with E-state index in [1.807, 2.05) is 72.8 Å². The number of para-hydroxylation sites is 1. The van der Waals surface area contributed by atoms with E-state index in [0.29, 0.717) is 38.4 Å². The summed E-state index contributed by atoms with van der Waals surface area (Å²) >= 11 is 13.5. The number of hydrogen-bond donors (Lipinski definition) is 0. The van der Waals surface area contributed by atoms with Gasteiger partial charge in [-0.2, -0.15) is 0 Å². The van der Waals surface area contributed by atoms with Gasteiger partial charge in [0.1, 0.15) is 0 Å². The van der Waals surface area contributed by atoms with Crippen LogP contribution in [-0.2, 0) is 12.3 Å². The van der Waals surface area contributed by atoms with Crippen molar-refractivity contribution in [3.05, 3.63) is 104 Å². The molecule has 0 bridgehead atoms. The van der Waals surface area contributed by atoms with Crippen LogP contribution in [0.25, 0.3) is 10.9 Å². The first-order chi connectivity index (χ1) is 13.6. The van der Waals surface area contributed by atoms with Crippen molar-refractivity contribution in [2.24, 2.45) is 0 Å². The number of halogens is 2. The van der Waals surface area contributed by atoms with Gasteiger partial charge in [0.25, 0.3) is 5.56 Å². The second-order valence-corrected chi connectivity index (χ2v) is 8.16. The van der Waals surface area contributed by atoms with Crippen LogP contribution >= 0.6 is 35.0 Å². The third-order valence-corrected chi connectivity index (χ3v) is 5.91. The normalized spacial score (nSPS) is 11.1. The molecule has 28 heavy (non-hydrogen) atoms. The Morgan fingerprint density at radius 2 is 1.43 bits per heavy atom. The van der Waals surface area contributed by atoms with Gasteiger partial charge in [-0.1, -0.05) is 71.4 Å². The van der Waals surface area contributed by atoms with Crippen LogP contribution in [0.4, 0.5) is 0 Å². The van der Waals surface area contributed by atoms with E-state index in [1.165, 1.54) is 0 Å². The summed E-state index contributed by atoms with van der Waals surface area (Å²) in [6.45, 7) is 0.441. The summed E-state index contributed by atoms with van der Waals surface area (Å²) in [5.74, 6) is 0.697. The first-order valence-electron chi connectivity index (χ1n) is 8.71. The Hall–Kier alpha value is -2.27. The summed E-state index contributed by atoms with van der Waals surface area (Å²) in [6.07, 6.45) is 0. The van der Waals surface area contributed by atoms with Crippen molar-refractivity contribution in [1.82, 2.24) is 9.55 Å². The fourth-order valence-corrected chi connectivity index (χ4v) is 4.10. The summed E-state index contributed by atoms with van der Waals surface area (Å²) in [6, 6.07) is 22.7. The molecule has 0 fully saturated rings. The number of aromatic nitrogens is 2. The summed E-state index contributed by atoms with van der Waals surface area (Å²) in [5.41, 5.74) is 2.78. The smallest absolute Gasteiger partial charge is 0.262 e. The number of rotatable bonds is 5. The van der Waals surface area contributed by atoms with Gasteiger partial charge in [-0.25, -0.2) is 4.98 Å². The van der Waals surface area contributed by atoms with E-state index in [1.54, 1.807) is 16.3 Å². The topological polar surface area (TPSA) is 34.9 Å². The SMILES string of the molecule is O=c1c2ccccc2nc(SCc2ccc(Cl)cc2)n1Cc1ccc(Cl)cc1. The Morgan fingerprint density at radius 3 is 2.11 bits per heavy atom. The molecule has 0 N–H and O–H groups in total. The maximum absolute atomic E-state index is 13.1. The van der Waals surface area contributed by atoms with E-state index in [4.69, 9.17) is 28.2 Å². The number of fused-ring (bicyclic) bond motifs is 1. The monoisotopic (exact) mass is 426 g/mol. The van der Waals surface area contributed by atoms with Crippen molar-refractivity contribution in [2.45, 2.75) is 17.5 Å². The molecule has 0 aliphatic rings. The van der Waals surface area contributed by atoms with Gasteiger partial charge in [-0.05, 0) is 47.5 Å². The maximum atomic E-state index is 13.1. The number of thioether (sulfide) groups is 1. The van der Waals surface area contributed by atoms with E-state index in [9.17, 15) is 4.79 Å². The molecule has 3 nitrogen and oxygen atoms in total. The highest BCUT2D eigenvalue weighted by molar-refractivity contribution is 7.98. The highest BCUT2D eigenvalue weighted by Gasteiger charge is 2.12. The van der Waals surface area contributed by atoms with Crippen LogP contribution in [0.1, 0.15) is 11.1 Å². The molecule has 3 aromatic carbocycles. The lowest BCUT2D eigenvalue weighted by Gasteiger charge is -2.13. The molecule has 0 spiro atoms. The molecule has 0 unspecified atom stereocenters. The van der Waals surface area contributed by atoms with Gasteiger partial charge in [0.15, 0.2) is 5.16 Å². The van der Waals surface area contributed by atoms with Crippen LogP contribution in [0, 0.1) is 0 Å². The average Bonchev–Trinajstić information content (AvgIpc) is 2.71. The Balaban J connectivity index is 1.73. The minimum absolute atomic E-state index is 0.0424. The highest BCUT2D eigenvalue weighted by Crippen LogP contribution is 2.24. The molecule has 0 amide bonds. The molecule has 0 aliphatic carbocycles. The number of hydrogen-bond acceptors (Lipinski definition) is 3. The van der Waals surface area contributed by atoms with Gasteiger partial charge in [0.2, 0.25) is 0 Å². The fraction of sp³-hybridized carbons (Fsp3) is 0.0909. The molecule has 0 saturated carbocycles. The van der Waals surface area contributed by atoms with Gasteiger partial charge >= 0.3 is 0 Å². The molecule has 6 heteroatoms. The van der Waals surface area contributed by atoms with Crippen LogP contribution in [0.2, 0.25) is 10.0 Å². The molecule has 4 aromatic rings. The van der Waals surface area contributed by atoms with Gasteiger partial charge in [0.05, 0.1) is 17.4 Å². The zero-order valence-corrected chi connectivity index (χ0v) is 17.1. The summed E-state index contributed by atoms with van der Waals surface area (Å²) < 4.78 is 1.73. The van der Waals surface area contributed by atoms with Crippen molar-refractivity contribution < 1.29 is 0 Å². The third-order valence-electron chi connectivity index (χ3n) is 4.36. The largest absolute Gasteiger partial charge is 0.283 e. The predicted octanol–water partition coefficient (Wildman–Crippen LogP) is 6.04. The zero-order chi connectivity index (χ0) is 19.5. The minimum Gasteiger partial charge on any atom is -0.283 e. The molecular weight excluding hydrogens is 411 g/mol. The van der Waals surface area contributed by atoms with E-state index >= 15 is 0 Å². The van der Waals surface area contributed by atoms with Crippen molar-refractivity contribution in [1.29, 1.82) is 0 Å². The number of nitrogens with zero attached hydrogens (tertiary/aromatic N) is 2. The zero-order valence-electron chi connectivity index (χ0n) is 14.8. The molecule has 0 radical (unpaired) electrons. The molecule has 4 rings (SSSR count). The van der Waals surface area contributed by atoms with Gasteiger partial charge in [-0.3, -0.25) is 9.36 Å². The van der Waals surface area contributed by atoms with Gasteiger partial charge < -0.3 is 0 Å². The van der Waals surface area contributed by atoms with Crippen molar-refractivity contribution in [3.63, 3.8) is 0 Å². The number of benzene rings is 3. The average molecular weight is 427 g/mol. The van der Waals surface area contributed by atoms with Crippen LogP contribution in [0.15, 0.2) is 82.7 Å². The predicted molar refractivity (Wildman–Crippen MR) is 118 cm³/mol. The standard InChI is InChI=1S/C22H16Cl2N2OS/c23-17-9-5-15(6-10-17)13-26-21(27)19-3-1-2-4-20(19)25-22(26)28-14-16-7-11-18(24)12-8-16/h1-12H,13-14H2. The minimum atomic E-state index is -0.0424. The first-order valence-corrected chi connectivity index (χ1v) is 10.5. The van der Waals surface area contributed by atoms with Gasteiger partial charge in [0, 0.05) is 15.8 Å². The molecule has 0 saturated heterocycles. The lowest BCUT2D eigenvalue weighted by molar-refractivity contribution is 0.658.